The van der Waals surface area contributed by atoms with Crippen molar-refractivity contribution in [2.75, 3.05) is 33.9 Å². The second-order valence-corrected chi connectivity index (χ2v) is 8.31. The van der Waals surface area contributed by atoms with Gasteiger partial charge in [0.25, 0.3) is 5.91 Å². The number of methoxy groups -OCH3 is 2. The molecule has 1 aliphatic heterocycles. The van der Waals surface area contributed by atoms with Crippen molar-refractivity contribution < 1.29 is 19.1 Å². The largest absolute Gasteiger partial charge is 0.493 e. The van der Waals surface area contributed by atoms with E-state index in [9.17, 15) is 9.59 Å². The van der Waals surface area contributed by atoms with Crippen molar-refractivity contribution in [3.63, 3.8) is 0 Å². The summed E-state index contributed by atoms with van der Waals surface area (Å²) in [4.78, 5) is 26.8. The zero-order valence-corrected chi connectivity index (χ0v) is 18.2. The molecule has 2 amide bonds. The summed E-state index contributed by atoms with van der Waals surface area (Å²) in [5.74, 6) is 2.16. The molecule has 1 saturated heterocycles. The number of hydrogen-bond donors (Lipinski definition) is 1. The third-order valence-electron chi connectivity index (χ3n) is 6.27. The highest BCUT2D eigenvalue weighted by molar-refractivity contribution is 5.95. The molecule has 6 heteroatoms. The predicted molar refractivity (Wildman–Crippen MR) is 117 cm³/mol. The van der Waals surface area contributed by atoms with Gasteiger partial charge in [0.1, 0.15) is 0 Å². The number of nitrogens with zero attached hydrogens (tertiary/aromatic N) is 1. The van der Waals surface area contributed by atoms with Crippen LogP contribution in [0.25, 0.3) is 0 Å². The van der Waals surface area contributed by atoms with E-state index in [1.165, 1.54) is 32.1 Å². The standard InChI is InChI=1S/C24H34N2O4/c1-29-21-10-9-20(16-22(21)30-2)24(28)26-14-12-19(13-15-26)17-25-23(27)11-8-18-6-4-3-5-7-18/h8-11,16,18-19H,3-7,12-15,17H2,1-2H3,(H,25,27)/b11-8+. The van der Waals surface area contributed by atoms with Crippen LogP contribution in [-0.4, -0.2) is 50.6 Å². The summed E-state index contributed by atoms with van der Waals surface area (Å²) in [6.07, 6.45) is 11.9. The van der Waals surface area contributed by atoms with E-state index in [1.807, 2.05) is 4.90 Å². The van der Waals surface area contributed by atoms with Gasteiger partial charge in [-0.2, -0.15) is 0 Å². The SMILES string of the molecule is COc1ccc(C(=O)N2CCC(CNC(=O)/C=C/C3CCCCC3)CC2)cc1OC. The summed E-state index contributed by atoms with van der Waals surface area (Å²) < 4.78 is 10.5. The maximum Gasteiger partial charge on any atom is 0.253 e. The third kappa shape index (κ3) is 6.00. The second kappa shape index (κ2) is 11.0. The van der Waals surface area contributed by atoms with Crippen LogP contribution in [0.3, 0.4) is 0 Å². The van der Waals surface area contributed by atoms with E-state index in [-0.39, 0.29) is 11.8 Å². The van der Waals surface area contributed by atoms with E-state index in [0.29, 0.717) is 48.5 Å². The van der Waals surface area contributed by atoms with E-state index in [2.05, 4.69) is 11.4 Å². The highest BCUT2D eigenvalue weighted by Crippen LogP contribution is 2.29. The number of ether oxygens (including phenoxy) is 2. The summed E-state index contributed by atoms with van der Waals surface area (Å²) in [5, 5.41) is 3.04. The Hall–Kier alpha value is -2.50. The minimum Gasteiger partial charge on any atom is -0.493 e. The normalized spacial score (nSPS) is 18.4. The molecule has 30 heavy (non-hydrogen) atoms. The molecule has 1 aromatic carbocycles. The number of rotatable bonds is 7. The molecule has 3 rings (SSSR count). The first kappa shape index (κ1) is 22.2. The third-order valence-corrected chi connectivity index (χ3v) is 6.27. The summed E-state index contributed by atoms with van der Waals surface area (Å²) >= 11 is 0. The molecule has 1 N–H and O–H groups in total. The van der Waals surface area contributed by atoms with Gasteiger partial charge in [-0.25, -0.2) is 0 Å². The summed E-state index contributed by atoms with van der Waals surface area (Å²) in [7, 11) is 3.14. The first-order valence-electron chi connectivity index (χ1n) is 11.1. The van der Waals surface area contributed by atoms with Crippen molar-refractivity contribution >= 4 is 11.8 Å². The second-order valence-electron chi connectivity index (χ2n) is 8.31. The van der Waals surface area contributed by atoms with Gasteiger partial charge in [-0.05, 0) is 61.8 Å². The fraction of sp³-hybridized carbons (Fsp3) is 0.583. The molecule has 1 aliphatic carbocycles. The molecule has 2 aliphatic rings. The van der Waals surface area contributed by atoms with Gasteiger partial charge in [-0.3, -0.25) is 9.59 Å². The van der Waals surface area contributed by atoms with Crippen LogP contribution in [0.4, 0.5) is 0 Å². The molecule has 0 unspecified atom stereocenters. The number of amides is 2. The first-order valence-corrected chi connectivity index (χ1v) is 11.1. The fourth-order valence-electron chi connectivity index (χ4n) is 4.35. The Kier molecular flexibility index (Phi) is 8.17. The maximum atomic E-state index is 12.8. The van der Waals surface area contributed by atoms with Gasteiger partial charge in [-0.15, -0.1) is 0 Å². The summed E-state index contributed by atoms with van der Waals surface area (Å²) in [5.41, 5.74) is 0.604. The number of carbonyl (C=O) groups excluding carboxylic acids is 2. The number of likely N-dealkylation sites (tertiary alicyclic amines) is 1. The van der Waals surface area contributed by atoms with Crippen molar-refractivity contribution in [1.29, 1.82) is 0 Å². The monoisotopic (exact) mass is 414 g/mol. The lowest BCUT2D eigenvalue weighted by molar-refractivity contribution is -0.116. The Labute approximate surface area is 179 Å². The molecular weight excluding hydrogens is 380 g/mol. The number of benzene rings is 1. The van der Waals surface area contributed by atoms with E-state index >= 15 is 0 Å². The molecule has 0 radical (unpaired) electrons. The summed E-state index contributed by atoms with van der Waals surface area (Å²) in [6.45, 7) is 2.07. The average Bonchev–Trinajstić information content (AvgIpc) is 2.81. The van der Waals surface area contributed by atoms with Gasteiger partial charge in [0.05, 0.1) is 14.2 Å². The van der Waals surface area contributed by atoms with Crippen molar-refractivity contribution in [3.8, 4) is 11.5 Å². The Morgan fingerprint density at radius 3 is 2.40 bits per heavy atom. The van der Waals surface area contributed by atoms with Crippen molar-refractivity contribution in [2.45, 2.75) is 44.9 Å². The molecule has 0 atom stereocenters. The minimum absolute atomic E-state index is 0.00408. The molecule has 0 spiro atoms. The summed E-state index contributed by atoms with van der Waals surface area (Å²) in [6, 6.07) is 5.26. The fourth-order valence-corrected chi connectivity index (χ4v) is 4.35. The van der Waals surface area contributed by atoms with Gasteiger partial charge in [0, 0.05) is 25.2 Å². The van der Waals surface area contributed by atoms with Crippen LogP contribution < -0.4 is 14.8 Å². The van der Waals surface area contributed by atoms with Crippen LogP contribution in [0.2, 0.25) is 0 Å². The predicted octanol–water partition coefficient (Wildman–Crippen LogP) is 3.81. The number of allylic oxidation sites excluding steroid dienone is 1. The molecule has 164 valence electrons. The Balaban J connectivity index is 1.42. The average molecular weight is 415 g/mol. The molecule has 2 fully saturated rings. The lowest BCUT2D eigenvalue weighted by Crippen LogP contribution is -2.41. The molecule has 0 aromatic heterocycles. The van der Waals surface area contributed by atoms with Crippen LogP contribution in [-0.2, 0) is 4.79 Å². The van der Waals surface area contributed by atoms with Crippen molar-refractivity contribution in [2.24, 2.45) is 11.8 Å². The smallest absolute Gasteiger partial charge is 0.253 e. The van der Waals surface area contributed by atoms with E-state index in [0.717, 1.165) is 12.8 Å². The quantitative estimate of drug-likeness (QED) is 0.689. The molecular formula is C24H34N2O4. The van der Waals surface area contributed by atoms with Crippen LogP contribution in [0, 0.1) is 11.8 Å². The molecule has 1 saturated carbocycles. The van der Waals surface area contributed by atoms with Crippen LogP contribution >= 0.6 is 0 Å². The van der Waals surface area contributed by atoms with Crippen LogP contribution in [0.5, 0.6) is 11.5 Å². The topological polar surface area (TPSA) is 67.9 Å². The van der Waals surface area contributed by atoms with E-state index in [1.54, 1.807) is 38.5 Å². The number of nitrogens with one attached hydrogen (secondary N) is 1. The molecule has 1 heterocycles. The number of piperidine rings is 1. The number of carbonyl (C=O) groups is 2. The lowest BCUT2D eigenvalue weighted by Gasteiger charge is -2.32. The highest BCUT2D eigenvalue weighted by atomic mass is 16.5. The van der Waals surface area contributed by atoms with Gasteiger partial charge >= 0.3 is 0 Å². The van der Waals surface area contributed by atoms with Crippen LogP contribution in [0.15, 0.2) is 30.4 Å². The number of hydrogen-bond acceptors (Lipinski definition) is 4. The van der Waals surface area contributed by atoms with Gasteiger partial charge in [-0.1, -0.05) is 25.3 Å². The zero-order valence-electron chi connectivity index (χ0n) is 18.2. The Morgan fingerprint density at radius 2 is 1.73 bits per heavy atom. The maximum absolute atomic E-state index is 12.8. The molecule has 0 bridgehead atoms. The molecule has 6 nitrogen and oxygen atoms in total. The highest BCUT2D eigenvalue weighted by Gasteiger charge is 2.24. The minimum atomic E-state index is 0.00408. The van der Waals surface area contributed by atoms with Gasteiger partial charge in [0.15, 0.2) is 11.5 Å². The first-order chi connectivity index (χ1) is 14.6. The van der Waals surface area contributed by atoms with Crippen LogP contribution in [0.1, 0.15) is 55.3 Å². The lowest BCUT2D eigenvalue weighted by atomic mass is 9.89. The van der Waals surface area contributed by atoms with Crippen molar-refractivity contribution in [3.05, 3.63) is 35.9 Å². The molecule has 1 aromatic rings. The zero-order chi connectivity index (χ0) is 21.3. The van der Waals surface area contributed by atoms with Gasteiger partial charge < -0.3 is 19.7 Å². The van der Waals surface area contributed by atoms with Gasteiger partial charge in [0.2, 0.25) is 5.91 Å². The van der Waals surface area contributed by atoms with E-state index < -0.39 is 0 Å². The van der Waals surface area contributed by atoms with E-state index in [4.69, 9.17) is 9.47 Å². The van der Waals surface area contributed by atoms with Crippen molar-refractivity contribution in [1.82, 2.24) is 10.2 Å². The Morgan fingerprint density at radius 1 is 1.03 bits per heavy atom. The Bertz CT molecular complexity index is 748.